The number of hydrogen-bond acceptors (Lipinski definition) is 3. The van der Waals surface area contributed by atoms with Gasteiger partial charge in [-0.05, 0) is 49.6 Å². The number of anilines is 1. The smallest absolute Gasteiger partial charge is 0.251 e. The van der Waals surface area contributed by atoms with Crippen LogP contribution in [0.15, 0.2) is 48.5 Å². The summed E-state index contributed by atoms with van der Waals surface area (Å²) in [5.41, 5.74) is 1.64. The minimum atomic E-state index is -0.735. The van der Waals surface area contributed by atoms with E-state index in [2.05, 4.69) is 10.6 Å². The quantitative estimate of drug-likeness (QED) is 0.793. The number of nitrogens with one attached hydrogen (secondary N) is 2. The normalized spacial score (nSPS) is 11.6. The molecule has 1 atom stereocenters. The fraction of sp³-hybridized carbons (Fsp3) is 0.263. The fourth-order valence-electron chi connectivity index (χ4n) is 2.23. The summed E-state index contributed by atoms with van der Waals surface area (Å²) in [6.07, 6.45) is 2.38. The summed E-state index contributed by atoms with van der Waals surface area (Å²) in [7, 11) is 0. The average molecular weight is 360 g/mol. The van der Waals surface area contributed by atoms with E-state index in [1.165, 1.54) is 12.1 Å². The zero-order valence-corrected chi connectivity index (χ0v) is 15.0. The first kappa shape index (κ1) is 19.0. The number of carbonyl (C=O) groups is 2. The van der Waals surface area contributed by atoms with Crippen LogP contribution in [0.25, 0.3) is 0 Å². The van der Waals surface area contributed by atoms with Crippen LogP contribution in [0.5, 0.6) is 0 Å². The molecular weight excluding hydrogens is 339 g/mol. The van der Waals surface area contributed by atoms with Gasteiger partial charge in [0.15, 0.2) is 0 Å². The summed E-state index contributed by atoms with van der Waals surface area (Å²) < 4.78 is 13.7. The van der Waals surface area contributed by atoms with Crippen molar-refractivity contribution in [3.8, 4) is 0 Å². The van der Waals surface area contributed by atoms with E-state index in [1.807, 2.05) is 25.3 Å². The first-order valence-corrected chi connectivity index (χ1v) is 9.32. The van der Waals surface area contributed by atoms with Crippen molar-refractivity contribution in [2.24, 2.45) is 0 Å². The summed E-state index contributed by atoms with van der Waals surface area (Å²) in [4.78, 5) is 24.9. The highest BCUT2D eigenvalue weighted by atomic mass is 32.2. The molecule has 0 aromatic heterocycles. The molecule has 0 heterocycles. The van der Waals surface area contributed by atoms with Gasteiger partial charge in [0, 0.05) is 5.56 Å². The van der Waals surface area contributed by atoms with Crippen LogP contribution < -0.4 is 10.6 Å². The molecular formula is C19H21FN2O2S. The van der Waals surface area contributed by atoms with E-state index in [4.69, 9.17) is 0 Å². The van der Waals surface area contributed by atoms with Crippen molar-refractivity contribution in [3.05, 3.63) is 65.5 Å². The van der Waals surface area contributed by atoms with E-state index in [0.717, 1.165) is 5.56 Å². The summed E-state index contributed by atoms with van der Waals surface area (Å²) >= 11 is 1.58. The monoisotopic (exact) mass is 360 g/mol. The number of rotatable bonds is 7. The van der Waals surface area contributed by atoms with Gasteiger partial charge in [0.2, 0.25) is 5.91 Å². The molecule has 0 bridgehead atoms. The van der Waals surface area contributed by atoms with Crippen molar-refractivity contribution in [3.63, 3.8) is 0 Å². The van der Waals surface area contributed by atoms with Crippen molar-refractivity contribution in [2.75, 3.05) is 17.3 Å². The Labute approximate surface area is 151 Å². The van der Waals surface area contributed by atoms with Gasteiger partial charge in [-0.1, -0.05) is 29.8 Å². The summed E-state index contributed by atoms with van der Waals surface area (Å²) in [5, 5.41) is 5.29. The largest absolute Gasteiger partial charge is 0.340 e. The third-order valence-corrected chi connectivity index (χ3v) is 4.32. The number of thioether (sulfide) groups is 1. The van der Waals surface area contributed by atoms with Gasteiger partial charge in [-0.25, -0.2) is 4.39 Å². The lowest BCUT2D eigenvalue weighted by atomic mass is 10.1. The number of halogens is 1. The van der Waals surface area contributed by atoms with Gasteiger partial charge < -0.3 is 10.6 Å². The lowest BCUT2D eigenvalue weighted by molar-refractivity contribution is -0.118. The molecule has 0 fully saturated rings. The summed E-state index contributed by atoms with van der Waals surface area (Å²) in [5.74, 6) is -0.567. The molecule has 2 amide bonds. The minimum Gasteiger partial charge on any atom is -0.340 e. The van der Waals surface area contributed by atoms with Gasteiger partial charge in [-0.3, -0.25) is 9.59 Å². The van der Waals surface area contributed by atoms with Gasteiger partial charge in [0.1, 0.15) is 11.9 Å². The molecule has 4 nitrogen and oxygen atoms in total. The Morgan fingerprint density at radius 3 is 2.44 bits per heavy atom. The van der Waals surface area contributed by atoms with Crippen molar-refractivity contribution in [1.82, 2.24) is 5.32 Å². The third kappa shape index (κ3) is 5.60. The topological polar surface area (TPSA) is 58.2 Å². The zero-order chi connectivity index (χ0) is 18.2. The third-order valence-electron chi connectivity index (χ3n) is 3.68. The molecule has 0 aliphatic rings. The Morgan fingerprint density at radius 2 is 1.80 bits per heavy atom. The molecule has 2 N–H and O–H groups in total. The van der Waals surface area contributed by atoms with Crippen molar-refractivity contribution < 1.29 is 14.0 Å². The molecule has 2 rings (SSSR count). The predicted molar refractivity (Wildman–Crippen MR) is 100 cm³/mol. The Hall–Kier alpha value is -2.34. The summed E-state index contributed by atoms with van der Waals surface area (Å²) in [6, 6.07) is 12.3. The maximum atomic E-state index is 13.7. The second kappa shape index (κ2) is 9.22. The number of benzene rings is 2. The second-order valence-electron chi connectivity index (χ2n) is 5.64. The van der Waals surface area contributed by atoms with Crippen LogP contribution in [0.4, 0.5) is 10.1 Å². The Bertz CT molecular complexity index is 734. The molecule has 132 valence electrons. The first-order chi connectivity index (χ1) is 12.0. The van der Waals surface area contributed by atoms with Gasteiger partial charge in [-0.15, -0.1) is 0 Å². The highest BCUT2D eigenvalue weighted by molar-refractivity contribution is 7.98. The lowest BCUT2D eigenvalue weighted by Crippen LogP contribution is -2.44. The van der Waals surface area contributed by atoms with Gasteiger partial charge >= 0.3 is 0 Å². The summed E-state index contributed by atoms with van der Waals surface area (Å²) in [6.45, 7) is 1.94. The van der Waals surface area contributed by atoms with Crippen LogP contribution >= 0.6 is 11.8 Å². The van der Waals surface area contributed by atoms with E-state index < -0.39 is 17.8 Å². The Kier molecular flexibility index (Phi) is 7.01. The second-order valence-corrected chi connectivity index (χ2v) is 6.63. The van der Waals surface area contributed by atoms with Crippen LogP contribution in [0.3, 0.4) is 0 Å². The van der Waals surface area contributed by atoms with E-state index in [1.54, 1.807) is 36.0 Å². The maximum Gasteiger partial charge on any atom is 0.251 e. The Morgan fingerprint density at radius 1 is 1.12 bits per heavy atom. The number of carbonyl (C=O) groups excluding carboxylic acids is 2. The number of para-hydroxylation sites is 1. The van der Waals surface area contributed by atoms with Crippen molar-refractivity contribution in [2.45, 2.75) is 19.4 Å². The van der Waals surface area contributed by atoms with Crippen LogP contribution in [0.1, 0.15) is 22.3 Å². The average Bonchev–Trinajstić information content (AvgIpc) is 2.60. The lowest BCUT2D eigenvalue weighted by Gasteiger charge is -2.18. The molecule has 0 aliphatic carbocycles. The van der Waals surface area contributed by atoms with Gasteiger partial charge in [0.05, 0.1) is 5.69 Å². The highest BCUT2D eigenvalue weighted by Crippen LogP contribution is 2.14. The molecule has 0 unspecified atom stereocenters. The van der Waals surface area contributed by atoms with E-state index >= 15 is 0 Å². The molecule has 0 aliphatic heterocycles. The van der Waals surface area contributed by atoms with Crippen molar-refractivity contribution >= 4 is 29.3 Å². The van der Waals surface area contributed by atoms with E-state index in [0.29, 0.717) is 17.7 Å². The van der Waals surface area contributed by atoms with Crippen LogP contribution in [0.2, 0.25) is 0 Å². The van der Waals surface area contributed by atoms with Crippen LogP contribution in [0, 0.1) is 12.7 Å². The predicted octanol–water partition coefficient (Wildman–Crippen LogP) is 3.62. The van der Waals surface area contributed by atoms with Crippen molar-refractivity contribution in [1.29, 1.82) is 0 Å². The van der Waals surface area contributed by atoms with Crippen LogP contribution in [-0.4, -0.2) is 29.9 Å². The molecule has 0 saturated heterocycles. The molecule has 25 heavy (non-hydrogen) atoms. The molecule has 0 spiro atoms. The molecule has 0 radical (unpaired) electrons. The number of aryl methyl sites for hydroxylation is 1. The minimum absolute atomic E-state index is 0.103. The molecule has 2 aromatic carbocycles. The van der Waals surface area contributed by atoms with Gasteiger partial charge in [0.25, 0.3) is 5.91 Å². The number of hydrogen-bond donors (Lipinski definition) is 2. The Balaban J connectivity index is 2.09. The fourth-order valence-corrected chi connectivity index (χ4v) is 2.70. The standard InChI is InChI=1S/C19H21FN2O2S/c1-13-7-9-14(10-8-13)18(23)22-17(11-12-25-2)19(24)21-16-6-4-3-5-15(16)20/h3-10,17H,11-12H2,1-2H3,(H,21,24)(H,22,23)/t17-/m0/s1. The highest BCUT2D eigenvalue weighted by Gasteiger charge is 2.22. The van der Waals surface area contributed by atoms with Gasteiger partial charge in [-0.2, -0.15) is 11.8 Å². The van der Waals surface area contributed by atoms with E-state index in [-0.39, 0.29) is 11.6 Å². The maximum absolute atomic E-state index is 13.7. The van der Waals surface area contributed by atoms with Crippen LogP contribution in [-0.2, 0) is 4.79 Å². The first-order valence-electron chi connectivity index (χ1n) is 7.93. The number of amides is 2. The van der Waals surface area contributed by atoms with E-state index in [9.17, 15) is 14.0 Å². The SMILES string of the molecule is CSCC[C@H](NC(=O)c1ccc(C)cc1)C(=O)Nc1ccccc1F. The zero-order valence-electron chi connectivity index (χ0n) is 14.2. The molecule has 6 heteroatoms. The molecule has 0 saturated carbocycles. The molecule has 2 aromatic rings.